The Balaban J connectivity index is 1.44. The normalized spacial score (nSPS) is 16.2. The van der Waals surface area contributed by atoms with Crippen molar-refractivity contribution in [2.24, 2.45) is 0 Å². The maximum atomic E-state index is 5.97. The van der Waals surface area contributed by atoms with Crippen molar-refractivity contribution in [3.05, 3.63) is 42.5 Å². The fourth-order valence-electron chi connectivity index (χ4n) is 2.89. The lowest BCUT2D eigenvalue weighted by Gasteiger charge is -2.23. The first kappa shape index (κ1) is 14.4. The fourth-order valence-corrected chi connectivity index (χ4v) is 2.89. The minimum Gasteiger partial charge on any atom is -0.493 e. The second kappa shape index (κ2) is 7.43. The highest BCUT2D eigenvalue weighted by atomic mass is 16.5. The van der Waals surface area contributed by atoms with Crippen LogP contribution in [-0.4, -0.2) is 39.5 Å². The Morgan fingerprint density at radius 3 is 2.67 bits per heavy atom. The van der Waals surface area contributed by atoms with Crippen LogP contribution in [0.2, 0.25) is 0 Å². The fraction of sp³-hybridized carbons (Fsp3) is 0.444. The minimum absolute atomic E-state index is 0.803. The van der Waals surface area contributed by atoms with E-state index in [1.807, 2.05) is 0 Å². The van der Waals surface area contributed by atoms with E-state index in [9.17, 15) is 0 Å². The molecule has 0 saturated carbocycles. The third-order valence-electron chi connectivity index (χ3n) is 4.13. The molecule has 0 bridgehead atoms. The van der Waals surface area contributed by atoms with E-state index >= 15 is 0 Å². The van der Waals surface area contributed by atoms with Gasteiger partial charge in [0.15, 0.2) is 0 Å². The zero-order valence-corrected chi connectivity index (χ0v) is 12.5. The van der Waals surface area contributed by atoms with Gasteiger partial charge in [-0.25, -0.2) is 0 Å². The Labute approximate surface area is 126 Å². The summed E-state index contributed by atoms with van der Waals surface area (Å²) >= 11 is 0. The summed E-state index contributed by atoms with van der Waals surface area (Å²) in [4.78, 5) is 1.67. The van der Waals surface area contributed by atoms with Crippen LogP contribution >= 0.6 is 0 Å². The van der Waals surface area contributed by atoms with Crippen LogP contribution in [0.15, 0.2) is 42.5 Å². The number of nitrogens with one attached hydrogen (secondary N) is 1. The first-order valence-corrected chi connectivity index (χ1v) is 7.95. The Morgan fingerprint density at radius 1 is 0.952 bits per heavy atom. The van der Waals surface area contributed by atoms with Crippen LogP contribution in [0.3, 0.4) is 0 Å². The Bertz CT molecular complexity index is 559. The molecule has 0 radical (unpaired) electrons. The molecule has 1 fully saturated rings. The quantitative estimate of drug-likeness (QED) is 0.820. The molecule has 1 N–H and O–H groups in total. The van der Waals surface area contributed by atoms with Crippen LogP contribution in [0.25, 0.3) is 10.8 Å². The lowest BCUT2D eigenvalue weighted by atomic mass is 10.1. The van der Waals surface area contributed by atoms with Crippen molar-refractivity contribution in [2.45, 2.75) is 12.8 Å². The van der Waals surface area contributed by atoms with Gasteiger partial charge in [0.05, 0.1) is 26.4 Å². The first-order valence-electron chi connectivity index (χ1n) is 7.95. The van der Waals surface area contributed by atoms with Crippen molar-refractivity contribution in [3.63, 3.8) is 0 Å². The summed E-state index contributed by atoms with van der Waals surface area (Å²) in [5.74, 6) is 1.01. The molecule has 0 atom stereocenters. The van der Waals surface area contributed by atoms with E-state index in [4.69, 9.17) is 9.47 Å². The van der Waals surface area contributed by atoms with Crippen LogP contribution in [0, 0.1) is 0 Å². The Morgan fingerprint density at radius 2 is 1.76 bits per heavy atom. The molecule has 3 heteroatoms. The SMILES string of the molecule is c1ccc2c(OCCCC[NH+]3CCOCC3)cccc2c1. The summed E-state index contributed by atoms with van der Waals surface area (Å²) < 4.78 is 11.4. The van der Waals surface area contributed by atoms with Gasteiger partial charge in [0.25, 0.3) is 0 Å². The van der Waals surface area contributed by atoms with Crippen molar-refractivity contribution in [1.29, 1.82) is 0 Å². The highest BCUT2D eigenvalue weighted by Crippen LogP contribution is 2.25. The standard InChI is InChI=1S/C18H23NO2/c1-2-8-17-16(6-1)7-5-9-18(17)21-13-4-3-10-19-11-14-20-15-12-19/h1-2,5-9H,3-4,10-15H2/p+1. The lowest BCUT2D eigenvalue weighted by Crippen LogP contribution is -3.14. The monoisotopic (exact) mass is 286 g/mol. The molecule has 2 aromatic carbocycles. The summed E-state index contributed by atoms with van der Waals surface area (Å²) in [6.07, 6.45) is 2.34. The third-order valence-corrected chi connectivity index (χ3v) is 4.13. The Kier molecular flexibility index (Phi) is 5.08. The molecule has 0 aliphatic carbocycles. The number of fused-ring (bicyclic) bond motifs is 1. The number of unbranched alkanes of at least 4 members (excludes halogenated alkanes) is 1. The van der Waals surface area contributed by atoms with Crippen molar-refractivity contribution in [1.82, 2.24) is 0 Å². The maximum Gasteiger partial charge on any atom is 0.127 e. The van der Waals surface area contributed by atoms with Crippen molar-refractivity contribution >= 4 is 10.8 Å². The van der Waals surface area contributed by atoms with Gasteiger partial charge in [-0.1, -0.05) is 36.4 Å². The van der Waals surface area contributed by atoms with Crippen LogP contribution in [0.5, 0.6) is 5.75 Å². The average Bonchev–Trinajstić information content (AvgIpc) is 2.56. The predicted molar refractivity (Wildman–Crippen MR) is 85.1 cm³/mol. The molecule has 21 heavy (non-hydrogen) atoms. The zero-order valence-electron chi connectivity index (χ0n) is 12.5. The molecule has 112 valence electrons. The number of hydrogen-bond donors (Lipinski definition) is 1. The van der Waals surface area contributed by atoms with Crippen molar-refractivity contribution in [3.8, 4) is 5.75 Å². The van der Waals surface area contributed by atoms with Gasteiger partial charge in [-0.05, 0) is 24.3 Å². The van der Waals surface area contributed by atoms with Gasteiger partial charge in [-0.2, -0.15) is 0 Å². The predicted octanol–water partition coefficient (Wildman–Crippen LogP) is 1.91. The second-order valence-corrected chi connectivity index (χ2v) is 5.65. The van der Waals surface area contributed by atoms with E-state index < -0.39 is 0 Å². The summed E-state index contributed by atoms with van der Waals surface area (Å²) in [5.41, 5.74) is 0. The van der Waals surface area contributed by atoms with Crippen LogP contribution in [0.4, 0.5) is 0 Å². The largest absolute Gasteiger partial charge is 0.493 e. The van der Waals surface area contributed by atoms with E-state index in [1.165, 1.54) is 23.7 Å². The third kappa shape index (κ3) is 3.96. The van der Waals surface area contributed by atoms with Crippen LogP contribution in [-0.2, 0) is 4.74 Å². The van der Waals surface area contributed by atoms with E-state index in [-0.39, 0.29) is 0 Å². The van der Waals surface area contributed by atoms with E-state index in [2.05, 4.69) is 42.5 Å². The van der Waals surface area contributed by atoms with Gasteiger partial charge in [0.2, 0.25) is 0 Å². The molecule has 1 heterocycles. The van der Waals surface area contributed by atoms with E-state index in [0.29, 0.717) is 0 Å². The van der Waals surface area contributed by atoms with E-state index in [0.717, 1.165) is 45.1 Å². The molecule has 0 amide bonds. The summed E-state index contributed by atoms with van der Waals surface area (Å²) in [5, 5.41) is 2.45. The minimum atomic E-state index is 0.803. The molecule has 0 spiro atoms. The number of rotatable bonds is 6. The van der Waals surface area contributed by atoms with Crippen molar-refractivity contribution < 1.29 is 14.4 Å². The maximum absolute atomic E-state index is 5.97. The van der Waals surface area contributed by atoms with Gasteiger partial charge in [0.1, 0.15) is 18.8 Å². The number of quaternary nitrogens is 1. The average molecular weight is 286 g/mol. The van der Waals surface area contributed by atoms with Gasteiger partial charge in [-0.15, -0.1) is 0 Å². The van der Waals surface area contributed by atoms with Gasteiger partial charge >= 0.3 is 0 Å². The molecule has 3 rings (SSSR count). The number of benzene rings is 2. The smallest absolute Gasteiger partial charge is 0.127 e. The molecule has 0 unspecified atom stereocenters. The highest BCUT2D eigenvalue weighted by Gasteiger charge is 2.12. The second-order valence-electron chi connectivity index (χ2n) is 5.65. The summed E-state index contributed by atoms with van der Waals surface area (Å²) in [7, 11) is 0. The molecule has 2 aromatic rings. The summed E-state index contributed by atoms with van der Waals surface area (Å²) in [6, 6.07) is 14.6. The number of morpholine rings is 1. The number of ether oxygens (including phenoxy) is 2. The Hall–Kier alpha value is -1.58. The zero-order chi connectivity index (χ0) is 14.3. The highest BCUT2D eigenvalue weighted by molar-refractivity contribution is 5.88. The van der Waals surface area contributed by atoms with Crippen molar-refractivity contribution in [2.75, 3.05) is 39.5 Å². The van der Waals surface area contributed by atoms with Gasteiger partial charge in [-0.3, -0.25) is 0 Å². The molecule has 3 nitrogen and oxygen atoms in total. The van der Waals surface area contributed by atoms with Gasteiger partial charge < -0.3 is 14.4 Å². The molecule has 1 aliphatic heterocycles. The molecule has 0 aromatic heterocycles. The first-order chi connectivity index (χ1) is 10.4. The van der Waals surface area contributed by atoms with Crippen LogP contribution < -0.4 is 9.64 Å². The molecule has 1 saturated heterocycles. The molecular weight excluding hydrogens is 262 g/mol. The molecule has 1 aliphatic rings. The summed E-state index contributed by atoms with van der Waals surface area (Å²) in [6.45, 7) is 6.19. The van der Waals surface area contributed by atoms with Crippen LogP contribution in [0.1, 0.15) is 12.8 Å². The van der Waals surface area contributed by atoms with Gasteiger partial charge in [0, 0.05) is 5.39 Å². The van der Waals surface area contributed by atoms with E-state index in [1.54, 1.807) is 4.90 Å². The molecular formula is C18H24NO2+. The lowest BCUT2D eigenvalue weighted by molar-refractivity contribution is -0.908. The topological polar surface area (TPSA) is 22.9 Å². The number of hydrogen-bond acceptors (Lipinski definition) is 2.